The van der Waals surface area contributed by atoms with Gasteiger partial charge in [0.25, 0.3) is 6.43 Å². The highest BCUT2D eigenvalue weighted by atomic mass is 19.3. The van der Waals surface area contributed by atoms with Gasteiger partial charge in [-0.2, -0.15) is 0 Å². The molecule has 1 N–H and O–H groups in total. The van der Waals surface area contributed by atoms with Gasteiger partial charge < -0.3 is 15.1 Å². The van der Waals surface area contributed by atoms with Crippen molar-refractivity contribution in [1.82, 2.24) is 19.8 Å². The van der Waals surface area contributed by atoms with Crippen LogP contribution in [0.5, 0.6) is 0 Å². The molecule has 2 fully saturated rings. The highest BCUT2D eigenvalue weighted by molar-refractivity contribution is 5.92. The fraction of sp³-hybridized carbons (Fsp3) is 0.417. The Bertz CT molecular complexity index is 1200. The molecule has 1 aromatic heterocycles. The van der Waals surface area contributed by atoms with Crippen LogP contribution in [0.1, 0.15) is 23.1 Å². The summed E-state index contributed by atoms with van der Waals surface area (Å²) < 4.78 is 27.1. The summed E-state index contributed by atoms with van der Waals surface area (Å²) in [5.41, 5.74) is 5.39. The van der Waals surface area contributed by atoms with E-state index in [1.165, 1.54) is 17.2 Å². The second-order valence-corrected chi connectivity index (χ2v) is 9.78. The number of aromatic nitrogens is 2. The molecule has 4 heterocycles. The van der Waals surface area contributed by atoms with E-state index in [0.29, 0.717) is 16.7 Å². The molecule has 2 aromatic carbocycles. The lowest BCUT2D eigenvalue weighted by Gasteiger charge is -2.60. The Morgan fingerprint density at radius 2 is 1.75 bits per heavy atom. The summed E-state index contributed by atoms with van der Waals surface area (Å²) in [4.78, 5) is 15.9. The third-order valence-electron chi connectivity index (χ3n) is 6.88. The minimum absolute atomic E-state index is 0.0197. The average molecular weight is 437 g/mol. The maximum absolute atomic E-state index is 13.6. The topological polar surface area (TPSA) is 47.5 Å². The third-order valence-corrected chi connectivity index (χ3v) is 6.88. The molecule has 0 atom stereocenters. The number of nitrogens with one attached hydrogen (secondary N) is 1. The van der Waals surface area contributed by atoms with E-state index >= 15 is 0 Å². The minimum atomic E-state index is -2.52. The van der Waals surface area contributed by atoms with Crippen molar-refractivity contribution in [1.29, 1.82) is 0 Å². The van der Waals surface area contributed by atoms with E-state index in [-0.39, 0.29) is 5.56 Å². The zero-order valence-electron chi connectivity index (χ0n) is 18.3. The zero-order valence-corrected chi connectivity index (χ0v) is 18.3. The number of hydrogen-bond donors (Lipinski definition) is 1. The predicted octanol–water partition coefficient (Wildman–Crippen LogP) is 4.01. The zero-order chi connectivity index (χ0) is 22.0. The molecular formula is C24H26F2N6. The summed E-state index contributed by atoms with van der Waals surface area (Å²) in [5.74, 6) is 0.480. The standard InChI is InChI=1S/C24H26F2N6/c1-30-9-15-3-4-19(6-18(15)10-30)28-23-27-8-17-5-16(22(25)26)7-20(21(17)29-23)32-13-24(14-32)11-31(2)12-24/h3-8,22H,9-14H2,1-2H3,(H,27,28,29). The van der Waals surface area contributed by atoms with Crippen molar-refractivity contribution in [2.75, 3.05) is 50.5 Å². The van der Waals surface area contributed by atoms with E-state index in [4.69, 9.17) is 4.98 Å². The van der Waals surface area contributed by atoms with Crippen LogP contribution in [0, 0.1) is 5.41 Å². The summed E-state index contributed by atoms with van der Waals surface area (Å²) in [6.45, 7) is 5.77. The molecule has 32 heavy (non-hydrogen) atoms. The van der Waals surface area contributed by atoms with Crippen LogP contribution in [0.25, 0.3) is 10.9 Å². The van der Waals surface area contributed by atoms with Crippen molar-refractivity contribution in [2.45, 2.75) is 19.5 Å². The maximum atomic E-state index is 13.6. The first-order valence-corrected chi connectivity index (χ1v) is 11.0. The monoisotopic (exact) mass is 436 g/mol. The summed E-state index contributed by atoms with van der Waals surface area (Å²) in [5, 5.41) is 3.95. The van der Waals surface area contributed by atoms with E-state index in [2.05, 4.69) is 51.2 Å². The minimum Gasteiger partial charge on any atom is -0.368 e. The molecule has 3 aliphatic heterocycles. The Morgan fingerprint density at radius 3 is 2.50 bits per heavy atom. The van der Waals surface area contributed by atoms with E-state index in [1.54, 1.807) is 12.3 Å². The molecule has 0 unspecified atom stereocenters. The Morgan fingerprint density at radius 1 is 0.969 bits per heavy atom. The van der Waals surface area contributed by atoms with Crippen molar-refractivity contribution in [3.8, 4) is 0 Å². The highest BCUT2D eigenvalue weighted by Gasteiger charge is 2.50. The van der Waals surface area contributed by atoms with Crippen LogP contribution in [0.2, 0.25) is 0 Å². The number of anilines is 3. The largest absolute Gasteiger partial charge is 0.368 e. The summed E-state index contributed by atoms with van der Waals surface area (Å²) >= 11 is 0. The van der Waals surface area contributed by atoms with Crippen molar-refractivity contribution in [3.63, 3.8) is 0 Å². The quantitative estimate of drug-likeness (QED) is 0.667. The number of halogens is 2. The fourth-order valence-corrected chi connectivity index (χ4v) is 5.58. The predicted molar refractivity (Wildman–Crippen MR) is 122 cm³/mol. The first kappa shape index (κ1) is 19.8. The smallest absolute Gasteiger partial charge is 0.263 e. The molecule has 166 valence electrons. The Balaban J connectivity index is 1.32. The molecule has 8 heteroatoms. The molecule has 6 nitrogen and oxygen atoms in total. The Labute approximate surface area is 185 Å². The molecule has 0 amide bonds. The molecule has 2 saturated heterocycles. The summed E-state index contributed by atoms with van der Waals surface area (Å²) in [7, 11) is 4.22. The number of fused-ring (bicyclic) bond motifs is 2. The van der Waals surface area contributed by atoms with Crippen molar-refractivity contribution < 1.29 is 8.78 Å². The molecule has 0 radical (unpaired) electrons. The van der Waals surface area contributed by atoms with Crippen LogP contribution in [0.3, 0.4) is 0 Å². The second-order valence-electron chi connectivity index (χ2n) is 9.78. The van der Waals surface area contributed by atoms with Crippen LogP contribution < -0.4 is 10.2 Å². The lowest BCUT2D eigenvalue weighted by molar-refractivity contribution is -0.00228. The van der Waals surface area contributed by atoms with Gasteiger partial charge in [-0.25, -0.2) is 18.7 Å². The van der Waals surface area contributed by atoms with Gasteiger partial charge in [-0.15, -0.1) is 0 Å². The molecule has 0 aliphatic carbocycles. The molecule has 6 rings (SSSR count). The van der Waals surface area contributed by atoms with Crippen LogP contribution in [-0.4, -0.2) is 60.0 Å². The molecule has 3 aromatic rings. The summed E-state index contributed by atoms with van der Waals surface area (Å²) in [6, 6.07) is 9.42. The van der Waals surface area contributed by atoms with Crippen LogP contribution in [0.15, 0.2) is 36.5 Å². The van der Waals surface area contributed by atoms with Gasteiger partial charge in [0.05, 0.1) is 11.2 Å². The molecule has 0 bridgehead atoms. The number of rotatable bonds is 4. The highest BCUT2D eigenvalue weighted by Crippen LogP contribution is 2.43. The van der Waals surface area contributed by atoms with Crippen LogP contribution in [0.4, 0.5) is 26.1 Å². The van der Waals surface area contributed by atoms with Gasteiger partial charge in [0.2, 0.25) is 5.95 Å². The fourth-order valence-electron chi connectivity index (χ4n) is 5.58. The van der Waals surface area contributed by atoms with Crippen molar-refractivity contribution in [2.24, 2.45) is 5.41 Å². The van der Waals surface area contributed by atoms with Gasteiger partial charge in [0, 0.05) is 67.5 Å². The third kappa shape index (κ3) is 3.29. The average Bonchev–Trinajstić information content (AvgIpc) is 3.08. The van der Waals surface area contributed by atoms with Gasteiger partial charge in [-0.3, -0.25) is 4.90 Å². The SMILES string of the molecule is CN1Cc2ccc(Nc3ncc4cc(C(F)F)cc(N5CC6(CN(C)C6)C5)c4n3)cc2C1. The van der Waals surface area contributed by atoms with E-state index in [0.717, 1.165) is 56.2 Å². The summed E-state index contributed by atoms with van der Waals surface area (Å²) in [6.07, 6.45) is -0.876. The van der Waals surface area contributed by atoms with Gasteiger partial charge in [0.15, 0.2) is 0 Å². The van der Waals surface area contributed by atoms with E-state index in [9.17, 15) is 8.78 Å². The van der Waals surface area contributed by atoms with E-state index < -0.39 is 6.43 Å². The normalized spacial score (nSPS) is 20.0. The molecule has 0 saturated carbocycles. The first-order valence-electron chi connectivity index (χ1n) is 11.0. The first-order chi connectivity index (χ1) is 15.4. The van der Waals surface area contributed by atoms with Gasteiger partial charge in [-0.05, 0) is 49.5 Å². The molecule has 3 aliphatic rings. The van der Waals surface area contributed by atoms with Crippen molar-refractivity contribution in [3.05, 3.63) is 53.2 Å². The number of alkyl halides is 2. The number of benzene rings is 2. The number of likely N-dealkylation sites (tertiary alicyclic amines) is 1. The van der Waals surface area contributed by atoms with Gasteiger partial charge >= 0.3 is 0 Å². The Kier molecular flexibility index (Phi) is 4.39. The van der Waals surface area contributed by atoms with Crippen LogP contribution in [-0.2, 0) is 13.1 Å². The number of nitrogens with zero attached hydrogens (tertiary/aromatic N) is 5. The van der Waals surface area contributed by atoms with Crippen molar-refractivity contribution >= 4 is 28.2 Å². The maximum Gasteiger partial charge on any atom is 0.263 e. The lowest BCUT2D eigenvalue weighted by Crippen LogP contribution is -2.71. The Hall–Kier alpha value is -2.84. The molecular weight excluding hydrogens is 410 g/mol. The molecule has 1 spiro atoms. The van der Waals surface area contributed by atoms with E-state index in [1.807, 2.05) is 6.07 Å². The van der Waals surface area contributed by atoms with Crippen LogP contribution >= 0.6 is 0 Å². The van der Waals surface area contributed by atoms with Gasteiger partial charge in [-0.1, -0.05) is 6.07 Å². The number of hydrogen-bond acceptors (Lipinski definition) is 6. The lowest BCUT2D eigenvalue weighted by atomic mass is 9.73. The second kappa shape index (κ2) is 7.08. The van der Waals surface area contributed by atoms with Gasteiger partial charge in [0.1, 0.15) is 0 Å².